The van der Waals surface area contributed by atoms with E-state index >= 15 is 0 Å². The third-order valence-electron chi connectivity index (χ3n) is 2.85. The van der Waals surface area contributed by atoms with Gasteiger partial charge in [0, 0.05) is 12.4 Å². The number of aryl methyl sites for hydroxylation is 1. The van der Waals surface area contributed by atoms with Crippen molar-refractivity contribution in [3.05, 3.63) is 47.9 Å². The van der Waals surface area contributed by atoms with Crippen LogP contribution in [-0.2, 0) is 6.42 Å². The summed E-state index contributed by atoms with van der Waals surface area (Å²) in [5.41, 5.74) is 7.30. The van der Waals surface area contributed by atoms with Gasteiger partial charge in [0.15, 0.2) is 5.69 Å². The Hall–Kier alpha value is -2.01. The Morgan fingerprint density at radius 2 is 1.90 bits per heavy atom. The summed E-state index contributed by atoms with van der Waals surface area (Å²) in [6, 6.07) is 7.95. The van der Waals surface area contributed by atoms with Crippen LogP contribution in [0.5, 0.6) is 11.6 Å². The molecule has 5 heteroatoms. The smallest absolute Gasteiger partial charge is 0.248 e. The highest BCUT2D eigenvalue weighted by atomic mass is 32.1. The fraction of sp³-hybridized carbons (Fsp3) is 0.267. The molecule has 0 aliphatic rings. The van der Waals surface area contributed by atoms with Crippen LogP contribution in [0, 0.1) is 0 Å². The quantitative estimate of drug-likeness (QED) is 0.826. The summed E-state index contributed by atoms with van der Waals surface area (Å²) in [5.74, 6) is 1.03. The summed E-state index contributed by atoms with van der Waals surface area (Å²) in [7, 11) is 0. The molecule has 0 unspecified atom stereocenters. The average molecular weight is 287 g/mol. The number of rotatable bonds is 6. The maximum Gasteiger partial charge on any atom is 0.248 e. The molecule has 0 saturated carbocycles. The van der Waals surface area contributed by atoms with Crippen LogP contribution >= 0.6 is 12.2 Å². The highest BCUT2D eigenvalue weighted by Gasteiger charge is 2.10. The van der Waals surface area contributed by atoms with Gasteiger partial charge in [0.1, 0.15) is 10.7 Å². The largest absolute Gasteiger partial charge is 0.437 e. The molecular weight excluding hydrogens is 270 g/mol. The maximum atomic E-state index is 5.69. The molecule has 0 radical (unpaired) electrons. The van der Waals surface area contributed by atoms with Gasteiger partial charge in [0.25, 0.3) is 0 Å². The minimum atomic E-state index is 0.174. The van der Waals surface area contributed by atoms with E-state index in [0.29, 0.717) is 17.3 Å². The van der Waals surface area contributed by atoms with Crippen LogP contribution in [0.1, 0.15) is 31.0 Å². The average Bonchev–Trinajstić information content (AvgIpc) is 2.47. The minimum Gasteiger partial charge on any atom is -0.437 e. The molecule has 0 aliphatic carbocycles. The van der Waals surface area contributed by atoms with Crippen LogP contribution in [0.4, 0.5) is 0 Å². The van der Waals surface area contributed by atoms with Crippen molar-refractivity contribution in [2.75, 3.05) is 0 Å². The van der Waals surface area contributed by atoms with Gasteiger partial charge in [-0.25, -0.2) is 9.97 Å². The number of thiocarbonyl (C=S) groups is 1. The van der Waals surface area contributed by atoms with Crippen LogP contribution in [0.25, 0.3) is 0 Å². The first-order valence-corrected chi connectivity index (χ1v) is 6.99. The van der Waals surface area contributed by atoms with Crippen LogP contribution < -0.4 is 10.5 Å². The Kier molecular flexibility index (Phi) is 5.01. The van der Waals surface area contributed by atoms with E-state index in [1.54, 1.807) is 6.20 Å². The molecule has 0 saturated heterocycles. The van der Waals surface area contributed by atoms with Crippen LogP contribution in [0.3, 0.4) is 0 Å². The summed E-state index contributed by atoms with van der Waals surface area (Å²) in [6.07, 6.45) is 6.55. The predicted molar refractivity (Wildman–Crippen MR) is 83.0 cm³/mol. The van der Waals surface area contributed by atoms with E-state index in [2.05, 4.69) is 29.0 Å². The molecule has 2 rings (SSSR count). The van der Waals surface area contributed by atoms with Crippen molar-refractivity contribution in [1.82, 2.24) is 9.97 Å². The second-order valence-electron chi connectivity index (χ2n) is 4.42. The zero-order valence-electron chi connectivity index (χ0n) is 11.4. The molecule has 0 amide bonds. The Labute approximate surface area is 124 Å². The number of nitrogens with zero attached hydrogens (tertiary/aromatic N) is 2. The van der Waals surface area contributed by atoms with Gasteiger partial charge in [0.05, 0.1) is 0 Å². The third kappa shape index (κ3) is 3.74. The number of hydrogen-bond acceptors (Lipinski definition) is 4. The monoisotopic (exact) mass is 287 g/mol. The van der Waals surface area contributed by atoms with Crippen LogP contribution in [0.15, 0.2) is 36.7 Å². The highest BCUT2D eigenvalue weighted by Crippen LogP contribution is 2.22. The van der Waals surface area contributed by atoms with Crippen molar-refractivity contribution in [3.63, 3.8) is 0 Å². The second-order valence-corrected chi connectivity index (χ2v) is 4.86. The molecular formula is C15H17N3OS. The van der Waals surface area contributed by atoms with E-state index < -0.39 is 0 Å². The number of nitrogens with two attached hydrogens (primary N) is 1. The van der Waals surface area contributed by atoms with Crippen molar-refractivity contribution < 1.29 is 4.74 Å². The molecule has 4 nitrogen and oxygen atoms in total. The van der Waals surface area contributed by atoms with Gasteiger partial charge >= 0.3 is 0 Å². The molecule has 0 bridgehead atoms. The first-order valence-electron chi connectivity index (χ1n) is 6.58. The molecule has 2 N–H and O–H groups in total. The first kappa shape index (κ1) is 14.4. The minimum absolute atomic E-state index is 0.174. The van der Waals surface area contributed by atoms with Crippen molar-refractivity contribution in [2.24, 2.45) is 5.73 Å². The molecule has 0 fully saturated rings. The standard InChI is InChI=1S/C15H17N3OS/c1-2-3-4-11-5-7-12(8-6-11)19-15-13(14(16)20)17-9-10-18-15/h5-10H,2-4H2,1H3,(H2,16,20). The van der Waals surface area contributed by atoms with E-state index in [-0.39, 0.29) is 4.99 Å². The molecule has 104 valence electrons. The number of benzene rings is 1. The van der Waals surface area contributed by atoms with Crippen LogP contribution in [-0.4, -0.2) is 15.0 Å². The summed E-state index contributed by atoms with van der Waals surface area (Å²) in [5, 5.41) is 0. The highest BCUT2D eigenvalue weighted by molar-refractivity contribution is 7.80. The third-order valence-corrected chi connectivity index (χ3v) is 3.05. The van der Waals surface area contributed by atoms with Crippen molar-refractivity contribution in [2.45, 2.75) is 26.2 Å². The zero-order chi connectivity index (χ0) is 14.4. The van der Waals surface area contributed by atoms with Crippen molar-refractivity contribution in [1.29, 1.82) is 0 Å². The molecule has 0 aliphatic heterocycles. The lowest BCUT2D eigenvalue weighted by Gasteiger charge is -2.08. The van der Waals surface area contributed by atoms with Gasteiger partial charge in [-0.3, -0.25) is 0 Å². The summed E-state index contributed by atoms with van der Waals surface area (Å²) < 4.78 is 5.69. The van der Waals surface area contributed by atoms with E-state index in [1.807, 2.05) is 12.1 Å². The second kappa shape index (κ2) is 6.96. The Morgan fingerprint density at radius 1 is 1.20 bits per heavy atom. The van der Waals surface area contributed by atoms with Gasteiger partial charge in [-0.1, -0.05) is 37.7 Å². The number of hydrogen-bond donors (Lipinski definition) is 1. The summed E-state index contributed by atoms with van der Waals surface area (Å²) in [4.78, 5) is 8.37. The number of unbranched alkanes of at least 4 members (excludes halogenated alkanes) is 1. The normalized spacial score (nSPS) is 10.2. The lowest BCUT2D eigenvalue weighted by atomic mass is 10.1. The topological polar surface area (TPSA) is 61.0 Å². The molecule has 20 heavy (non-hydrogen) atoms. The zero-order valence-corrected chi connectivity index (χ0v) is 12.2. The SMILES string of the molecule is CCCCc1ccc(Oc2nccnc2C(N)=S)cc1. The first-order chi connectivity index (χ1) is 9.70. The predicted octanol–water partition coefficient (Wildman–Crippen LogP) is 3.25. The van der Waals surface area contributed by atoms with E-state index in [1.165, 1.54) is 24.6 Å². The van der Waals surface area contributed by atoms with Crippen LogP contribution in [0.2, 0.25) is 0 Å². The van der Waals surface area contributed by atoms with Crippen molar-refractivity contribution in [3.8, 4) is 11.6 Å². The van der Waals surface area contributed by atoms with Gasteiger partial charge in [-0.2, -0.15) is 0 Å². The number of ether oxygens (including phenoxy) is 1. The van der Waals surface area contributed by atoms with E-state index in [9.17, 15) is 0 Å². The van der Waals surface area contributed by atoms with E-state index in [0.717, 1.165) is 6.42 Å². The Morgan fingerprint density at radius 3 is 2.55 bits per heavy atom. The fourth-order valence-electron chi connectivity index (χ4n) is 1.79. The lowest BCUT2D eigenvalue weighted by molar-refractivity contribution is 0.458. The lowest BCUT2D eigenvalue weighted by Crippen LogP contribution is -2.13. The van der Waals surface area contributed by atoms with Gasteiger partial charge in [0.2, 0.25) is 5.88 Å². The molecule has 2 aromatic rings. The van der Waals surface area contributed by atoms with Gasteiger partial charge < -0.3 is 10.5 Å². The Bertz CT molecular complexity index is 584. The van der Waals surface area contributed by atoms with Gasteiger partial charge in [-0.15, -0.1) is 0 Å². The Balaban J connectivity index is 2.12. The van der Waals surface area contributed by atoms with E-state index in [4.69, 9.17) is 22.7 Å². The molecule has 1 aromatic heterocycles. The molecule has 0 atom stereocenters. The maximum absolute atomic E-state index is 5.69. The summed E-state index contributed by atoms with van der Waals surface area (Å²) in [6.45, 7) is 2.18. The number of aromatic nitrogens is 2. The fourth-order valence-corrected chi connectivity index (χ4v) is 1.93. The molecule has 1 heterocycles. The van der Waals surface area contributed by atoms with Gasteiger partial charge in [-0.05, 0) is 30.5 Å². The van der Waals surface area contributed by atoms with Crippen molar-refractivity contribution >= 4 is 17.2 Å². The molecule has 1 aromatic carbocycles. The molecule has 0 spiro atoms. The summed E-state index contributed by atoms with van der Waals surface area (Å²) >= 11 is 4.93.